The molecule has 2 atom stereocenters. The number of hydrogen-bond donors (Lipinski definition) is 1. The van der Waals surface area contributed by atoms with Crippen molar-refractivity contribution < 1.29 is 4.79 Å². The molecule has 3 rings (SSSR count). The standard InChI is InChI=1S/C16H23N5O/c1-12(10-17-2)16(22)20-8-5-6-13(11-20)15-19-18-14-7-3-4-9-21(14)15/h3-4,7,9,12-13,17H,5-6,8,10-11H2,1-2H3. The van der Waals surface area contributed by atoms with Crippen molar-refractivity contribution in [1.82, 2.24) is 24.8 Å². The van der Waals surface area contributed by atoms with Gasteiger partial charge in [-0.25, -0.2) is 0 Å². The first-order chi connectivity index (χ1) is 10.7. The van der Waals surface area contributed by atoms with Crippen LogP contribution in [0.2, 0.25) is 0 Å². The van der Waals surface area contributed by atoms with Gasteiger partial charge < -0.3 is 10.2 Å². The molecule has 22 heavy (non-hydrogen) atoms. The third-order valence-electron chi connectivity index (χ3n) is 4.37. The zero-order valence-corrected chi connectivity index (χ0v) is 13.2. The van der Waals surface area contributed by atoms with E-state index >= 15 is 0 Å². The van der Waals surface area contributed by atoms with Gasteiger partial charge in [-0.1, -0.05) is 13.0 Å². The summed E-state index contributed by atoms with van der Waals surface area (Å²) in [6, 6.07) is 5.90. The second-order valence-corrected chi connectivity index (χ2v) is 6.07. The van der Waals surface area contributed by atoms with Crippen molar-refractivity contribution in [3.05, 3.63) is 30.2 Å². The average Bonchev–Trinajstić information content (AvgIpc) is 2.98. The molecule has 2 aromatic heterocycles. The lowest BCUT2D eigenvalue weighted by molar-refractivity contribution is -0.136. The minimum atomic E-state index is 0.0129. The molecule has 1 saturated heterocycles. The van der Waals surface area contributed by atoms with E-state index in [1.165, 1.54) is 0 Å². The Morgan fingerprint density at radius 2 is 2.32 bits per heavy atom. The zero-order chi connectivity index (χ0) is 15.5. The van der Waals surface area contributed by atoms with Crippen molar-refractivity contribution in [2.75, 3.05) is 26.7 Å². The Balaban J connectivity index is 1.77. The van der Waals surface area contributed by atoms with Crippen LogP contribution in [0.4, 0.5) is 0 Å². The smallest absolute Gasteiger partial charge is 0.226 e. The molecule has 118 valence electrons. The third-order valence-corrected chi connectivity index (χ3v) is 4.37. The van der Waals surface area contributed by atoms with Gasteiger partial charge in [0.05, 0.1) is 0 Å². The van der Waals surface area contributed by atoms with E-state index < -0.39 is 0 Å². The molecular formula is C16H23N5O. The van der Waals surface area contributed by atoms with Gasteiger partial charge in [0, 0.05) is 37.7 Å². The van der Waals surface area contributed by atoms with Crippen LogP contribution in [0.15, 0.2) is 24.4 Å². The van der Waals surface area contributed by atoms with Crippen LogP contribution in [0, 0.1) is 5.92 Å². The average molecular weight is 301 g/mol. The van der Waals surface area contributed by atoms with Crippen LogP contribution >= 0.6 is 0 Å². The Bertz CT molecular complexity index is 653. The van der Waals surface area contributed by atoms with E-state index in [1.54, 1.807) is 0 Å². The fourth-order valence-electron chi connectivity index (χ4n) is 3.23. The van der Waals surface area contributed by atoms with Gasteiger partial charge in [0.15, 0.2) is 5.65 Å². The van der Waals surface area contributed by atoms with Crippen LogP contribution < -0.4 is 5.32 Å². The van der Waals surface area contributed by atoms with Gasteiger partial charge in [-0.15, -0.1) is 10.2 Å². The molecule has 0 aromatic carbocycles. The number of hydrogen-bond acceptors (Lipinski definition) is 4. The van der Waals surface area contributed by atoms with Gasteiger partial charge in [-0.3, -0.25) is 9.20 Å². The minimum absolute atomic E-state index is 0.0129. The number of nitrogens with one attached hydrogen (secondary N) is 1. The highest BCUT2D eigenvalue weighted by Crippen LogP contribution is 2.26. The van der Waals surface area contributed by atoms with E-state index in [4.69, 9.17) is 0 Å². The van der Waals surface area contributed by atoms with Crippen molar-refractivity contribution >= 4 is 11.6 Å². The van der Waals surface area contributed by atoms with Crippen LogP contribution in [-0.2, 0) is 4.79 Å². The van der Waals surface area contributed by atoms with Crippen molar-refractivity contribution in [3.8, 4) is 0 Å². The van der Waals surface area contributed by atoms with Gasteiger partial charge in [-0.05, 0) is 32.0 Å². The Morgan fingerprint density at radius 1 is 1.45 bits per heavy atom. The summed E-state index contributed by atoms with van der Waals surface area (Å²) < 4.78 is 2.04. The van der Waals surface area contributed by atoms with Crippen molar-refractivity contribution in [1.29, 1.82) is 0 Å². The molecule has 0 saturated carbocycles. The van der Waals surface area contributed by atoms with Gasteiger partial charge >= 0.3 is 0 Å². The number of aromatic nitrogens is 3. The molecule has 1 amide bonds. The van der Waals surface area contributed by atoms with Gasteiger partial charge in [0.1, 0.15) is 5.82 Å². The van der Waals surface area contributed by atoms with Crippen LogP contribution in [0.5, 0.6) is 0 Å². The summed E-state index contributed by atoms with van der Waals surface area (Å²) in [5, 5.41) is 11.7. The third kappa shape index (κ3) is 2.83. The summed E-state index contributed by atoms with van der Waals surface area (Å²) in [5.74, 6) is 1.47. The fourth-order valence-corrected chi connectivity index (χ4v) is 3.23. The van der Waals surface area contributed by atoms with E-state index in [9.17, 15) is 4.79 Å². The first-order valence-corrected chi connectivity index (χ1v) is 7.93. The molecule has 0 bridgehead atoms. The zero-order valence-electron chi connectivity index (χ0n) is 13.2. The molecular weight excluding hydrogens is 278 g/mol. The van der Waals surface area contributed by atoms with Crippen molar-refractivity contribution in [3.63, 3.8) is 0 Å². The van der Waals surface area contributed by atoms with Gasteiger partial charge in [0.2, 0.25) is 5.91 Å². The van der Waals surface area contributed by atoms with Crippen molar-refractivity contribution in [2.24, 2.45) is 5.92 Å². The molecule has 0 radical (unpaired) electrons. The summed E-state index contributed by atoms with van der Waals surface area (Å²) >= 11 is 0. The number of amides is 1. The second kappa shape index (κ2) is 6.44. The quantitative estimate of drug-likeness (QED) is 0.924. The molecule has 0 aliphatic carbocycles. The van der Waals surface area contributed by atoms with Crippen LogP contribution in [0.1, 0.15) is 31.5 Å². The van der Waals surface area contributed by atoms with E-state index in [-0.39, 0.29) is 17.7 Å². The second-order valence-electron chi connectivity index (χ2n) is 6.07. The molecule has 1 aliphatic heterocycles. The molecule has 1 fully saturated rings. The summed E-state index contributed by atoms with van der Waals surface area (Å²) in [4.78, 5) is 14.5. The molecule has 1 aliphatic rings. The SMILES string of the molecule is CNCC(C)C(=O)N1CCCC(c2nnc3ccccn23)C1. The number of nitrogens with zero attached hydrogens (tertiary/aromatic N) is 4. The summed E-state index contributed by atoms with van der Waals surface area (Å²) in [7, 11) is 1.88. The Kier molecular flexibility index (Phi) is 4.38. The molecule has 3 heterocycles. The van der Waals surface area contributed by atoms with Crippen LogP contribution in [0.25, 0.3) is 5.65 Å². The first-order valence-electron chi connectivity index (χ1n) is 7.93. The predicted molar refractivity (Wildman–Crippen MR) is 84.6 cm³/mol. The van der Waals surface area contributed by atoms with E-state index in [1.807, 2.05) is 47.7 Å². The number of fused-ring (bicyclic) bond motifs is 1. The topological polar surface area (TPSA) is 62.5 Å². The van der Waals surface area contributed by atoms with Crippen molar-refractivity contribution in [2.45, 2.75) is 25.7 Å². The Morgan fingerprint density at radius 3 is 3.14 bits per heavy atom. The minimum Gasteiger partial charge on any atom is -0.342 e. The Hall–Kier alpha value is -1.95. The van der Waals surface area contributed by atoms with Gasteiger partial charge in [-0.2, -0.15) is 0 Å². The molecule has 6 heteroatoms. The Labute approximate surface area is 130 Å². The monoisotopic (exact) mass is 301 g/mol. The van der Waals surface area contributed by atoms with Crippen LogP contribution in [-0.4, -0.2) is 52.1 Å². The number of carbonyl (C=O) groups is 1. The summed E-state index contributed by atoms with van der Waals surface area (Å²) in [6.45, 7) is 4.28. The highest BCUT2D eigenvalue weighted by Gasteiger charge is 2.29. The van der Waals surface area contributed by atoms with E-state index in [0.29, 0.717) is 6.54 Å². The maximum atomic E-state index is 12.5. The largest absolute Gasteiger partial charge is 0.342 e. The maximum absolute atomic E-state index is 12.5. The first kappa shape index (κ1) is 15.0. The summed E-state index contributed by atoms with van der Waals surface area (Å²) in [6.07, 6.45) is 4.07. The number of pyridine rings is 1. The highest BCUT2D eigenvalue weighted by atomic mass is 16.2. The highest BCUT2D eigenvalue weighted by molar-refractivity contribution is 5.78. The lowest BCUT2D eigenvalue weighted by Gasteiger charge is -2.33. The lowest BCUT2D eigenvalue weighted by atomic mass is 9.96. The molecule has 6 nitrogen and oxygen atoms in total. The van der Waals surface area contributed by atoms with Crippen LogP contribution in [0.3, 0.4) is 0 Å². The van der Waals surface area contributed by atoms with E-state index in [0.717, 1.165) is 37.4 Å². The fraction of sp³-hybridized carbons (Fsp3) is 0.562. The number of rotatable bonds is 4. The normalized spacial score (nSPS) is 20.3. The van der Waals surface area contributed by atoms with E-state index in [2.05, 4.69) is 15.5 Å². The number of likely N-dealkylation sites (tertiary alicyclic amines) is 1. The van der Waals surface area contributed by atoms with Gasteiger partial charge in [0.25, 0.3) is 0 Å². The molecule has 1 N–H and O–H groups in total. The lowest BCUT2D eigenvalue weighted by Crippen LogP contribution is -2.44. The molecule has 2 unspecified atom stereocenters. The molecule has 0 spiro atoms. The maximum Gasteiger partial charge on any atom is 0.226 e. The number of carbonyl (C=O) groups excluding carboxylic acids is 1. The summed E-state index contributed by atoms with van der Waals surface area (Å²) in [5.41, 5.74) is 0.865. The predicted octanol–water partition coefficient (Wildman–Crippen LogP) is 1.29. The molecule has 2 aromatic rings. The number of piperidine rings is 1.